The Morgan fingerprint density at radius 1 is 1.40 bits per heavy atom. The normalized spacial score (nSPS) is 13.5. The van der Waals surface area contributed by atoms with Crippen LogP contribution in [0.5, 0.6) is 0 Å². The SMILES string of the molecule is CCn1cc(S(=O)(=O)Cl)cc1C(=O)NCC(C)C(C)C. The van der Waals surface area contributed by atoms with Gasteiger partial charge in [0, 0.05) is 30.0 Å². The van der Waals surface area contributed by atoms with E-state index >= 15 is 0 Å². The second-order valence-corrected chi connectivity index (χ2v) is 7.78. The minimum atomic E-state index is -3.82. The first-order chi connectivity index (χ1) is 9.16. The number of hydrogen-bond donors (Lipinski definition) is 1. The molecule has 0 spiro atoms. The van der Waals surface area contributed by atoms with Crippen LogP contribution < -0.4 is 5.32 Å². The van der Waals surface area contributed by atoms with E-state index in [2.05, 4.69) is 26.1 Å². The maximum absolute atomic E-state index is 12.1. The minimum Gasteiger partial charge on any atom is -0.350 e. The second kappa shape index (κ2) is 6.63. The highest BCUT2D eigenvalue weighted by Crippen LogP contribution is 2.19. The van der Waals surface area contributed by atoms with E-state index in [1.807, 2.05) is 6.92 Å². The van der Waals surface area contributed by atoms with Gasteiger partial charge in [0.1, 0.15) is 10.6 Å². The van der Waals surface area contributed by atoms with Crippen molar-refractivity contribution in [1.82, 2.24) is 9.88 Å². The summed E-state index contributed by atoms with van der Waals surface area (Å²) >= 11 is 0. The number of aryl methyl sites for hydroxylation is 1. The fraction of sp³-hybridized carbons (Fsp3) is 0.615. The molecule has 0 aliphatic carbocycles. The van der Waals surface area contributed by atoms with Gasteiger partial charge in [-0.1, -0.05) is 20.8 Å². The summed E-state index contributed by atoms with van der Waals surface area (Å²) < 4.78 is 24.2. The molecule has 0 fully saturated rings. The molecule has 1 amide bonds. The molecule has 0 saturated heterocycles. The van der Waals surface area contributed by atoms with Crippen LogP contribution in [-0.2, 0) is 15.6 Å². The number of hydrogen-bond acceptors (Lipinski definition) is 3. The van der Waals surface area contributed by atoms with Crippen molar-refractivity contribution in [2.45, 2.75) is 39.1 Å². The molecule has 0 saturated carbocycles. The average Bonchev–Trinajstić information content (AvgIpc) is 2.79. The zero-order valence-electron chi connectivity index (χ0n) is 12.2. The lowest BCUT2D eigenvalue weighted by Crippen LogP contribution is -2.31. The molecule has 1 atom stereocenters. The van der Waals surface area contributed by atoms with Crippen LogP contribution in [0.2, 0.25) is 0 Å². The van der Waals surface area contributed by atoms with Gasteiger partial charge in [-0.2, -0.15) is 0 Å². The molecule has 1 rings (SSSR count). The predicted molar refractivity (Wildman–Crippen MR) is 79.5 cm³/mol. The highest BCUT2D eigenvalue weighted by atomic mass is 35.7. The third kappa shape index (κ3) is 4.24. The highest BCUT2D eigenvalue weighted by Gasteiger charge is 2.19. The van der Waals surface area contributed by atoms with E-state index in [1.165, 1.54) is 12.3 Å². The Morgan fingerprint density at radius 2 is 2.00 bits per heavy atom. The Kier molecular flexibility index (Phi) is 5.65. The quantitative estimate of drug-likeness (QED) is 0.819. The van der Waals surface area contributed by atoms with Gasteiger partial charge in [0.2, 0.25) is 0 Å². The molecule has 114 valence electrons. The highest BCUT2D eigenvalue weighted by molar-refractivity contribution is 8.13. The Bertz CT molecular complexity index is 578. The van der Waals surface area contributed by atoms with Gasteiger partial charge in [0.15, 0.2) is 0 Å². The van der Waals surface area contributed by atoms with Gasteiger partial charge in [-0.15, -0.1) is 0 Å². The summed E-state index contributed by atoms with van der Waals surface area (Å²) in [4.78, 5) is 12.1. The van der Waals surface area contributed by atoms with E-state index in [0.29, 0.717) is 30.6 Å². The molecule has 0 aromatic carbocycles. The van der Waals surface area contributed by atoms with Crippen LogP contribution in [0.1, 0.15) is 38.2 Å². The van der Waals surface area contributed by atoms with Crippen LogP contribution in [0.3, 0.4) is 0 Å². The monoisotopic (exact) mass is 320 g/mol. The molecular formula is C13H21ClN2O3S. The molecule has 1 unspecified atom stereocenters. The number of halogens is 1. The predicted octanol–water partition coefficient (Wildman–Crippen LogP) is 2.46. The van der Waals surface area contributed by atoms with Gasteiger partial charge in [-0.05, 0) is 24.8 Å². The van der Waals surface area contributed by atoms with Crippen molar-refractivity contribution in [3.63, 3.8) is 0 Å². The van der Waals surface area contributed by atoms with Crippen LogP contribution in [0.15, 0.2) is 17.2 Å². The number of nitrogens with zero attached hydrogens (tertiary/aromatic N) is 1. The molecule has 5 nitrogen and oxygen atoms in total. The van der Waals surface area contributed by atoms with Crippen LogP contribution >= 0.6 is 10.7 Å². The smallest absolute Gasteiger partial charge is 0.267 e. The maximum Gasteiger partial charge on any atom is 0.267 e. The van der Waals surface area contributed by atoms with Crippen LogP contribution in [0.4, 0.5) is 0 Å². The van der Waals surface area contributed by atoms with Crippen LogP contribution in [0, 0.1) is 11.8 Å². The third-order valence-electron chi connectivity index (χ3n) is 3.45. The summed E-state index contributed by atoms with van der Waals surface area (Å²) in [6, 6.07) is 1.31. The average molecular weight is 321 g/mol. The summed E-state index contributed by atoms with van der Waals surface area (Å²) in [7, 11) is 1.48. The summed E-state index contributed by atoms with van der Waals surface area (Å²) in [6.45, 7) is 9.10. The molecule has 0 bridgehead atoms. The fourth-order valence-electron chi connectivity index (χ4n) is 1.65. The first kappa shape index (κ1) is 17.0. The largest absolute Gasteiger partial charge is 0.350 e. The fourth-order valence-corrected chi connectivity index (χ4v) is 2.41. The topological polar surface area (TPSA) is 68.2 Å². The van der Waals surface area contributed by atoms with Crippen LogP contribution in [0.25, 0.3) is 0 Å². The zero-order valence-corrected chi connectivity index (χ0v) is 13.8. The lowest BCUT2D eigenvalue weighted by molar-refractivity contribution is 0.0935. The van der Waals surface area contributed by atoms with Crippen molar-refractivity contribution in [3.05, 3.63) is 18.0 Å². The van der Waals surface area contributed by atoms with Gasteiger partial charge in [-0.25, -0.2) is 8.42 Å². The first-order valence-electron chi connectivity index (χ1n) is 6.59. The van der Waals surface area contributed by atoms with Crippen LogP contribution in [-0.4, -0.2) is 25.4 Å². The lowest BCUT2D eigenvalue weighted by Gasteiger charge is -2.16. The van der Waals surface area contributed by atoms with Crippen molar-refractivity contribution in [2.24, 2.45) is 11.8 Å². The summed E-state index contributed by atoms with van der Waals surface area (Å²) in [5, 5.41) is 2.82. The molecule has 1 heterocycles. The zero-order chi connectivity index (χ0) is 15.5. The van der Waals surface area contributed by atoms with E-state index in [0.717, 1.165) is 0 Å². The molecular weight excluding hydrogens is 300 g/mol. The van der Waals surface area contributed by atoms with Gasteiger partial charge in [0.05, 0.1) is 0 Å². The molecule has 1 aromatic heterocycles. The molecule has 0 radical (unpaired) electrons. The van der Waals surface area contributed by atoms with Crippen molar-refractivity contribution in [2.75, 3.05) is 6.54 Å². The maximum atomic E-state index is 12.1. The van der Waals surface area contributed by atoms with E-state index < -0.39 is 9.05 Å². The van der Waals surface area contributed by atoms with Crippen molar-refractivity contribution >= 4 is 25.6 Å². The van der Waals surface area contributed by atoms with Gasteiger partial charge in [-0.3, -0.25) is 4.79 Å². The molecule has 1 aromatic rings. The number of carbonyl (C=O) groups excluding carboxylic acids is 1. The minimum absolute atomic E-state index is 0.0527. The molecule has 20 heavy (non-hydrogen) atoms. The Hall–Kier alpha value is -1.01. The standard InChI is InChI=1S/C13H21ClN2O3S/c1-5-16-8-11(20(14,18)19)6-12(16)13(17)15-7-10(4)9(2)3/h6,8-10H,5,7H2,1-4H3,(H,15,17). The third-order valence-corrected chi connectivity index (χ3v) is 4.77. The lowest BCUT2D eigenvalue weighted by atomic mass is 9.98. The van der Waals surface area contributed by atoms with E-state index in [-0.39, 0.29) is 10.8 Å². The number of carbonyl (C=O) groups is 1. The number of nitrogens with one attached hydrogen (secondary N) is 1. The summed E-state index contributed by atoms with van der Waals surface area (Å²) in [6.07, 6.45) is 1.38. The second-order valence-electron chi connectivity index (χ2n) is 5.22. The van der Waals surface area contributed by atoms with Crippen molar-refractivity contribution in [3.8, 4) is 0 Å². The summed E-state index contributed by atoms with van der Waals surface area (Å²) in [5.74, 6) is 0.526. The Morgan fingerprint density at radius 3 is 2.45 bits per heavy atom. The van der Waals surface area contributed by atoms with E-state index in [9.17, 15) is 13.2 Å². The number of amides is 1. The number of aromatic nitrogens is 1. The van der Waals surface area contributed by atoms with Gasteiger partial charge < -0.3 is 9.88 Å². The van der Waals surface area contributed by atoms with Gasteiger partial charge in [0.25, 0.3) is 15.0 Å². The summed E-state index contributed by atoms with van der Waals surface area (Å²) in [5.41, 5.74) is 0.308. The molecule has 7 heteroatoms. The van der Waals surface area contributed by atoms with E-state index in [1.54, 1.807) is 4.57 Å². The molecule has 0 aliphatic heterocycles. The number of rotatable bonds is 6. The Balaban J connectivity index is 2.90. The van der Waals surface area contributed by atoms with E-state index in [4.69, 9.17) is 10.7 Å². The first-order valence-corrected chi connectivity index (χ1v) is 8.90. The molecule has 0 aliphatic rings. The van der Waals surface area contributed by atoms with Gasteiger partial charge >= 0.3 is 0 Å². The molecule has 1 N–H and O–H groups in total. The van der Waals surface area contributed by atoms with Crippen molar-refractivity contribution < 1.29 is 13.2 Å². The van der Waals surface area contributed by atoms with Crippen molar-refractivity contribution in [1.29, 1.82) is 0 Å². The Labute approximate surface area is 124 Å².